The Morgan fingerprint density at radius 3 is 2.53 bits per heavy atom. The number of rotatable bonds is 3. The van der Waals surface area contributed by atoms with Gasteiger partial charge in [0.2, 0.25) is 10.0 Å². The lowest BCUT2D eigenvalue weighted by Crippen LogP contribution is -2.41. The highest BCUT2D eigenvalue weighted by molar-refractivity contribution is 7.89. The van der Waals surface area contributed by atoms with E-state index >= 15 is 0 Å². The molecule has 106 valence electrons. The summed E-state index contributed by atoms with van der Waals surface area (Å²) in [6, 6.07) is 4.51. The maximum atomic E-state index is 12.5. The third kappa shape index (κ3) is 2.90. The van der Waals surface area contributed by atoms with E-state index in [1.54, 1.807) is 6.07 Å². The van der Waals surface area contributed by atoms with Crippen LogP contribution in [-0.2, 0) is 20.8 Å². The molecule has 2 N–H and O–H groups in total. The molecule has 6 nitrogen and oxygen atoms in total. The van der Waals surface area contributed by atoms with Gasteiger partial charge >= 0.3 is 0 Å². The van der Waals surface area contributed by atoms with Crippen LogP contribution >= 0.6 is 0 Å². The van der Waals surface area contributed by atoms with E-state index in [9.17, 15) is 12.6 Å². The lowest BCUT2D eigenvalue weighted by Gasteiger charge is -2.26. The lowest BCUT2D eigenvalue weighted by atomic mass is 10.3. The van der Waals surface area contributed by atoms with E-state index in [2.05, 4.69) is 0 Å². The highest BCUT2D eigenvalue weighted by Crippen LogP contribution is 2.29. The fourth-order valence-electron chi connectivity index (χ4n) is 1.90. The number of hydrogen-bond donors (Lipinski definition) is 1. The third-order valence-corrected chi connectivity index (χ3v) is 6.14. The maximum absolute atomic E-state index is 12.5. The minimum Gasteiger partial charge on any atom is -0.495 e. The first kappa shape index (κ1) is 14.3. The van der Waals surface area contributed by atoms with Gasteiger partial charge in [0.15, 0.2) is 0 Å². The minimum atomic E-state index is -3.66. The molecule has 1 fully saturated rings. The van der Waals surface area contributed by atoms with E-state index in [0.717, 1.165) is 0 Å². The van der Waals surface area contributed by atoms with Crippen LogP contribution in [0.15, 0.2) is 23.1 Å². The molecule has 1 aliphatic rings. The largest absolute Gasteiger partial charge is 0.495 e. The van der Waals surface area contributed by atoms with Crippen molar-refractivity contribution in [2.45, 2.75) is 4.90 Å². The van der Waals surface area contributed by atoms with E-state index in [1.807, 2.05) is 0 Å². The van der Waals surface area contributed by atoms with Crippen molar-refractivity contribution in [3.63, 3.8) is 0 Å². The second-order valence-electron chi connectivity index (χ2n) is 4.16. The maximum Gasteiger partial charge on any atom is 0.246 e. The van der Waals surface area contributed by atoms with Gasteiger partial charge < -0.3 is 10.5 Å². The number of ether oxygens (including phenoxy) is 1. The van der Waals surface area contributed by atoms with Gasteiger partial charge in [0.1, 0.15) is 10.6 Å². The number of methoxy groups -OCH3 is 1. The minimum absolute atomic E-state index is 0.0580. The van der Waals surface area contributed by atoms with Gasteiger partial charge in [-0.25, -0.2) is 8.42 Å². The Morgan fingerprint density at radius 2 is 1.95 bits per heavy atom. The molecule has 0 radical (unpaired) electrons. The molecule has 19 heavy (non-hydrogen) atoms. The first-order valence-electron chi connectivity index (χ1n) is 5.74. The number of nitrogen functional groups attached to an aromatic ring is 1. The molecule has 1 aliphatic heterocycles. The standard InChI is InChI=1S/C11H16N2O4S2/c1-17-10-3-2-9(12)8-11(10)19(15,16)13-4-6-18(14)7-5-13/h2-3,8H,4-7,12H2,1H3. The van der Waals surface area contributed by atoms with E-state index in [1.165, 1.54) is 23.5 Å². The molecule has 0 aromatic heterocycles. The molecule has 1 heterocycles. The smallest absolute Gasteiger partial charge is 0.246 e. The summed E-state index contributed by atoms with van der Waals surface area (Å²) in [6.07, 6.45) is 0. The molecule has 0 aliphatic carbocycles. The Kier molecular flexibility index (Phi) is 4.12. The second kappa shape index (κ2) is 5.48. The fraction of sp³-hybridized carbons (Fsp3) is 0.455. The topological polar surface area (TPSA) is 89.7 Å². The molecule has 0 spiro atoms. The Morgan fingerprint density at radius 1 is 1.32 bits per heavy atom. The van der Waals surface area contributed by atoms with E-state index in [0.29, 0.717) is 17.2 Å². The van der Waals surface area contributed by atoms with Gasteiger partial charge in [0.05, 0.1) is 7.11 Å². The summed E-state index contributed by atoms with van der Waals surface area (Å²) < 4.78 is 42.7. The zero-order valence-electron chi connectivity index (χ0n) is 10.5. The van der Waals surface area contributed by atoms with Gasteiger partial charge in [0, 0.05) is 41.1 Å². The molecule has 8 heteroatoms. The predicted octanol–water partition coefficient (Wildman–Crippen LogP) is 0.0304. The van der Waals surface area contributed by atoms with Crippen LogP contribution in [0.4, 0.5) is 5.69 Å². The number of anilines is 1. The van der Waals surface area contributed by atoms with Crippen molar-refractivity contribution < 1.29 is 17.4 Å². The van der Waals surface area contributed by atoms with Gasteiger partial charge in [-0.05, 0) is 18.2 Å². The van der Waals surface area contributed by atoms with Crippen LogP contribution in [0, 0.1) is 0 Å². The van der Waals surface area contributed by atoms with Gasteiger partial charge in [-0.3, -0.25) is 4.21 Å². The van der Waals surface area contributed by atoms with Gasteiger partial charge in [-0.15, -0.1) is 0 Å². The monoisotopic (exact) mass is 304 g/mol. The Balaban J connectivity index is 2.39. The Labute approximate surface area is 115 Å². The number of nitrogens with zero attached hydrogens (tertiary/aromatic N) is 1. The summed E-state index contributed by atoms with van der Waals surface area (Å²) in [7, 11) is -3.17. The first-order chi connectivity index (χ1) is 8.95. The molecule has 0 bridgehead atoms. The second-order valence-corrected chi connectivity index (χ2v) is 7.76. The number of nitrogens with two attached hydrogens (primary N) is 1. The van der Waals surface area contributed by atoms with Gasteiger partial charge in [0.25, 0.3) is 0 Å². The summed E-state index contributed by atoms with van der Waals surface area (Å²) in [5.74, 6) is 0.995. The van der Waals surface area contributed by atoms with Crippen LogP contribution in [0.25, 0.3) is 0 Å². The van der Waals surface area contributed by atoms with Gasteiger partial charge in [-0.2, -0.15) is 4.31 Å². The summed E-state index contributed by atoms with van der Waals surface area (Å²) >= 11 is 0. The van der Waals surface area contributed by atoms with Crippen LogP contribution in [0.1, 0.15) is 0 Å². The molecule has 0 unspecified atom stereocenters. The molecule has 1 aromatic rings. The molecule has 0 amide bonds. The molecular weight excluding hydrogens is 288 g/mol. The normalized spacial score (nSPS) is 18.4. The van der Waals surface area contributed by atoms with Crippen LogP contribution < -0.4 is 10.5 Å². The lowest BCUT2D eigenvalue weighted by molar-refractivity contribution is 0.395. The fourth-order valence-corrected chi connectivity index (χ4v) is 4.81. The Hall–Kier alpha value is -1.12. The van der Waals surface area contributed by atoms with Crippen LogP contribution in [-0.4, -0.2) is 48.6 Å². The highest BCUT2D eigenvalue weighted by atomic mass is 32.2. The van der Waals surface area contributed by atoms with Crippen LogP contribution in [0.3, 0.4) is 0 Å². The quantitative estimate of drug-likeness (QED) is 0.796. The van der Waals surface area contributed by atoms with Crippen molar-refractivity contribution in [3.8, 4) is 5.75 Å². The van der Waals surface area contributed by atoms with E-state index in [-0.39, 0.29) is 23.7 Å². The SMILES string of the molecule is COc1ccc(N)cc1S(=O)(=O)N1CCS(=O)CC1. The summed E-state index contributed by atoms with van der Waals surface area (Å²) in [4.78, 5) is 0.0580. The molecule has 1 aromatic carbocycles. The van der Waals surface area contributed by atoms with Crippen molar-refractivity contribution in [1.82, 2.24) is 4.31 Å². The molecule has 0 saturated carbocycles. The van der Waals surface area contributed by atoms with E-state index in [4.69, 9.17) is 10.5 Å². The van der Waals surface area contributed by atoms with Crippen molar-refractivity contribution in [2.75, 3.05) is 37.4 Å². The van der Waals surface area contributed by atoms with Crippen molar-refractivity contribution in [2.24, 2.45) is 0 Å². The number of hydrogen-bond acceptors (Lipinski definition) is 5. The summed E-state index contributed by atoms with van der Waals surface area (Å²) in [6.45, 7) is 0.514. The molecule has 2 rings (SSSR count). The van der Waals surface area contributed by atoms with Crippen LogP contribution in [0.5, 0.6) is 5.75 Å². The average molecular weight is 304 g/mol. The molecular formula is C11H16N2O4S2. The first-order valence-corrected chi connectivity index (χ1v) is 8.66. The molecule has 0 atom stereocenters. The third-order valence-electron chi connectivity index (χ3n) is 2.94. The summed E-state index contributed by atoms with van der Waals surface area (Å²) in [5, 5.41) is 0. The van der Waals surface area contributed by atoms with Crippen molar-refractivity contribution >= 4 is 26.5 Å². The van der Waals surface area contributed by atoms with Crippen molar-refractivity contribution in [3.05, 3.63) is 18.2 Å². The van der Waals surface area contributed by atoms with E-state index < -0.39 is 20.8 Å². The zero-order chi connectivity index (χ0) is 14.0. The zero-order valence-corrected chi connectivity index (χ0v) is 12.2. The highest BCUT2D eigenvalue weighted by Gasteiger charge is 2.30. The predicted molar refractivity (Wildman–Crippen MR) is 74.0 cm³/mol. The number of benzene rings is 1. The van der Waals surface area contributed by atoms with Crippen LogP contribution in [0.2, 0.25) is 0 Å². The summed E-state index contributed by atoms with van der Waals surface area (Å²) in [5.41, 5.74) is 6.00. The van der Waals surface area contributed by atoms with Gasteiger partial charge in [-0.1, -0.05) is 0 Å². The Bertz CT molecular complexity index is 591. The van der Waals surface area contributed by atoms with Crippen molar-refractivity contribution in [1.29, 1.82) is 0 Å². The molecule has 1 saturated heterocycles. The number of sulfonamides is 1. The average Bonchev–Trinajstić information content (AvgIpc) is 2.39.